The fourth-order valence-electron chi connectivity index (χ4n) is 2.40. The van der Waals surface area contributed by atoms with Gasteiger partial charge in [0.2, 0.25) is 17.7 Å². The molecule has 0 aliphatic heterocycles. The highest BCUT2D eigenvalue weighted by Crippen LogP contribution is 2.26. The molecule has 1 N–H and O–H groups in total. The second-order valence-corrected chi connectivity index (χ2v) is 5.81. The Balaban J connectivity index is 2.05. The minimum atomic E-state index is -0.304. The molecule has 0 spiro atoms. The van der Waals surface area contributed by atoms with Crippen LogP contribution in [0.1, 0.15) is 26.7 Å². The van der Waals surface area contributed by atoms with E-state index in [4.69, 9.17) is 4.74 Å². The Morgan fingerprint density at radius 1 is 1.12 bits per heavy atom. The molecule has 7 heteroatoms. The molecule has 1 amide bonds. The number of carbonyl (C=O) groups excluding carboxylic acids is 1. The number of carbonyl (C=O) groups is 1. The Bertz CT molecular complexity index is 929. The zero-order chi connectivity index (χ0) is 18.5. The molecular weight excluding hydrogens is 335 g/mol. The number of halogens is 1. The summed E-state index contributed by atoms with van der Waals surface area (Å²) < 4.78 is 18.9. The zero-order valence-electron chi connectivity index (χ0n) is 14.6. The van der Waals surface area contributed by atoms with Gasteiger partial charge in [-0.2, -0.15) is 4.98 Å². The Labute approximate surface area is 150 Å². The Morgan fingerprint density at radius 2 is 1.88 bits per heavy atom. The van der Waals surface area contributed by atoms with Crippen LogP contribution in [0.5, 0.6) is 5.88 Å². The molecular formula is C19H19FN4O2. The molecule has 0 saturated carbocycles. The molecule has 0 radical (unpaired) electrons. The maximum Gasteiger partial charge on any atom is 0.245 e. The van der Waals surface area contributed by atoms with Gasteiger partial charge >= 0.3 is 0 Å². The molecule has 134 valence electrons. The summed E-state index contributed by atoms with van der Waals surface area (Å²) in [5, 5.41) is 2.57. The number of anilines is 1. The lowest BCUT2D eigenvalue weighted by Gasteiger charge is -2.10. The van der Waals surface area contributed by atoms with Crippen LogP contribution in [0.4, 0.5) is 10.3 Å². The van der Waals surface area contributed by atoms with Crippen molar-refractivity contribution in [1.82, 2.24) is 15.0 Å². The SMILES string of the molecule is CCCCOc1nc(NC(C)=O)nc2ccc(-c3ccc(F)cc3)nc12. The van der Waals surface area contributed by atoms with E-state index in [-0.39, 0.29) is 17.7 Å². The van der Waals surface area contributed by atoms with Crippen LogP contribution in [-0.2, 0) is 4.79 Å². The first-order chi connectivity index (χ1) is 12.6. The highest BCUT2D eigenvalue weighted by atomic mass is 19.1. The molecule has 3 aromatic rings. The molecule has 3 rings (SSSR count). The first kappa shape index (κ1) is 17.7. The van der Waals surface area contributed by atoms with Crippen LogP contribution in [-0.4, -0.2) is 27.5 Å². The second kappa shape index (κ2) is 7.86. The number of hydrogen-bond donors (Lipinski definition) is 1. The molecule has 26 heavy (non-hydrogen) atoms. The summed E-state index contributed by atoms with van der Waals surface area (Å²) in [6, 6.07) is 9.66. The zero-order valence-corrected chi connectivity index (χ0v) is 14.6. The molecule has 0 atom stereocenters. The van der Waals surface area contributed by atoms with E-state index in [2.05, 4.69) is 27.2 Å². The van der Waals surface area contributed by atoms with Crippen LogP contribution in [0, 0.1) is 5.82 Å². The van der Waals surface area contributed by atoms with Crippen molar-refractivity contribution in [2.75, 3.05) is 11.9 Å². The fraction of sp³-hybridized carbons (Fsp3) is 0.263. The third kappa shape index (κ3) is 4.11. The largest absolute Gasteiger partial charge is 0.476 e. The van der Waals surface area contributed by atoms with Gasteiger partial charge in [0.1, 0.15) is 5.82 Å². The third-order valence-corrected chi connectivity index (χ3v) is 3.67. The molecule has 0 aliphatic rings. The molecule has 0 fully saturated rings. The van der Waals surface area contributed by atoms with Gasteiger partial charge in [-0.05, 0) is 42.8 Å². The van der Waals surface area contributed by atoms with E-state index in [0.29, 0.717) is 29.2 Å². The molecule has 2 aromatic heterocycles. The molecule has 0 saturated heterocycles. The molecule has 2 heterocycles. The van der Waals surface area contributed by atoms with Crippen LogP contribution < -0.4 is 10.1 Å². The lowest BCUT2D eigenvalue weighted by Crippen LogP contribution is -2.11. The summed E-state index contributed by atoms with van der Waals surface area (Å²) in [7, 11) is 0. The molecule has 1 aromatic carbocycles. The summed E-state index contributed by atoms with van der Waals surface area (Å²) in [4.78, 5) is 24.5. The van der Waals surface area contributed by atoms with Crippen molar-refractivity contribution in [1.29, 1.82) is 0 Å². The van der Waals surface area contributed by atoms with Gasteiger partial charge in [0, 0.05) is 12.5 Å². The number of fused-ring (bicyclic) bond motifs is 1. The molecule has 6 nitrogen and oxygen atoms in total. The Hall–Kier alpha value is -3.09. The van der Waals surface area contributed by atoms with E-state index in [9.17, 15) is 9.18 Å². The van der Waals surface area contributed by atoms with Gasteiger partial charge in [-0.3, -0.25) is 10.1 Å². The summed E-state index contributed by atoms with van der Waals surface area (Å²) in [5.41, 5.74) is 2.49. The van der Waals surface area contributed by atoms with Gasteiger partial charge in [-0.15, -0.1) is 0 Å². The maximum absolute atomic E-state index is 13.1. The van der Waals surface area contributed by atoms with E-state index in [0.717, 1.165) is 18.4 Å². The van der Waals surface area contributed by atoms with E-state index in [1.807, 2.05) is 0 Å². The van der Waals surface area contributed by atoms with E-state index in [1.165, 1.54) is 19.1 Å². The van der Waals surface area contributed by atoms with Gasteiger partial charge in [-0.1, -0.05) is 13.3 Å². The number of ether oxygens (including phenoxy) is 1. The number of nitrogens with one attached hydrogen (secondary N) is 1. The molecule has 0 bridgehead atoms. The smallest absolute Gasteiger partial charge is 0.245 e. The number of pyridine rings is 1. The quantitative estimate of drug-likeness (QED) is 0.678. The average Bonchev–Trinajstić information content (AvgIpc) is 2.62. The number of nitrogens with zero attached hydrogens (tertiary/aromatic N) is 3. The van der Waals surface area contributed by atoms with E-state index < -0.39 is 0 Å². The lowest BCUT2D eigenvalue weighted by molar-refractivity contribution is -0.114. The predicted molar refractivity (Wildman–Crippen MR) is 97.4 cm³/mol. The maximum atomic E-state index is 13.1. The van der Waals surface area contributed by atoms with Crippen LogP contribution >= 0.6 is 0 Å². The van der Waals surface area contributed by atoms with Gasteiger partial charge in [0.25, 0.3) is 0 Å². The van der Waals surface area contributed by atoms with Crippen molar-refractivity contribution in [2.45, 2.75) is 26.7 Å². The first-order valence-corrected chi connectivity index (χ1v) is 8.42. The van der Waals surface area contributed by atoms with Crippen molar-refractivity contribution in [3.63, 3.8) is 0 Å². The van der Waals surface area contributed by atoms with Gasteiger partial charge in [0.15, 0.2) is 5.52 Å². The van der Waals surface area contributed by atoms with Crippen molar-refractivity contribution >= 4 is 22.9 Å². The van der Waals surface area contributed by atoms with Crippen molar-refractivity contribution in [2.24, 2.45) is 0 Å². The fourth-order valence-corrected chi connectivity index (χ4v) is 2.40. The average molecular weight is 354 g/mol. The second-order valence-electron chi connectivity index (χ2n) is 5.81. The lowest BCUT2D eigenvalue weighted by atomic mass is 10.1. The van der Waals surface area contributed by atoms with E-state index in [1.54, 1.807) is 24.3 Å². The van der Waals surface area contributed by atoms with Crippen molar-refractivity contribution in [3.8, 4) is 17.1 Å². The van der Waals surface area contributed by atoms with Gasteiger partial charge in [0.05, 0.1) is 17.8 Å². The van der Waals surface area contributed by atoms with Crippen molar-refractivity contribution < 1.29 is 13.9 Å². The van der Waals surface area contributed by atoms with Gasteiger partial charge < -0.3 is 4.74 Å². The minimum absolute atomic E-state index is 0.174. The highest BCUT2D eigenvalue weighted by Gasteiger charge is 2.13. The topological polar surface area (TPSA) is 77.0 Å². The first-order valence-electron chi connectivity index (χ1n) is 8.42. The third-order valence-electron chi connectivity index (χ3n) is 3.67. The Kier molecular flexibility index (Phi) is 5.36. The number of rotatable bonds is 6. The van der Waals surface area contributed by atoms with Crippen LogP contribution in [0.15, 0.2) is 36.4 Å². The summed E-state index contributed by atoms with van der Waals surface area (Å²) in [6.07, 6.45) is 1.86. The summed E-state index contributed by atoms with van der Waals surface area (Å²) >= 11 is 0. The van der Waals surface area contributed by atoms with E-state index >= 15 is 0 Å². The summed E-state index contributed by atoms with van der Waals surface area (Å²) in [6.45, 7) is 3.95. The van der Waals surface area contributed by atoms with Crippen molar-refractivity contribution in [3.05, 3.63) is 42.2 Å². The number of amides is 1. The number of benzene rings is 1. The minimum Gasteiger partial charge on any atom is -0.476 e. The Morgan fingerprint density at radius 3 is 2.58 bits per heavy atom. The summed E-state index contributed by atoms with van der Waals surface area (Å²) in [5.74, 6) is -0.0786. The van der Waals surface area contributed by atoms with Gasteiger partial charge in [-0.25, -0.2) is 14.4 Å². The molecule has 0 aliphatic carbocycles. The normalized spacial score (nSPS) is 10.7. The van der Waals surface area contributed by atoms with Crippen LogP contribution in [0.25, 0.3) is 22.3 Å². The monoisotopic (exact) mass is 354 g/mol. The number of hydrogen-bond acceptors (Lipinski definition) is 5. The number of unbranched alkanes of at least 4 members (excludes halogenated alkanes) is 1. The van der Waals surface area contributed by atoms with Crippen LogP contribution in [0.3, 0.4) is 0 Å². The van der Waals surface area contributed by atoms with Crippen LogP contribution in [0.2, 0.25) is 0 Å². The predicted octanol–water partition coefficient (Wildman–Crippen LogP) is 3.97. The molecule has 0 unspecified atom stereocenters. The highest BCUT2D eigenvalue weighted by molar-refractivity contribution is 5.89. The standard InChI is InChI=1S/C19H19FN4O2/c1-3-4-11-26-18-17-16(23-19(24-18)21-12(2)25)10-9-15(22-17)13-5-7-14(20)8-6-13/h5-10H,3-4,11H2,1-2H3,(H,21,23,24,25). The number of aromatic nitrogens is 3.